The van der Waals surface area contributed by atoms with Crippen LogP contribution in [0.3, 0.4) is 0 Å². The molecule has 1 amide bonds. The van der Waals surface area contributed by atoms with E-state index in [-0.39, 0.29) is 12.8 Å². The zero-order valence-electron chi connectivity index (χ0n) is 12.4. The number of benzene rings is 1. The molecular formula is C15H16F2N4O2. The van der Waals surface area contributed by atoms with Crippen LogP contribution in [0.5, 0.6) is 0 Å². The Hall–Kier alpha value is -2.18. The lowest BCUT2D eigenvalue weighted by atomic mass is 9.89. The van der Waals surface area contributed by atoms with E-state index < -0.39 is 28.6 Å². The van der Waals surface area contributed by atoms with Crippen molar-refractivity contribution in [2.24, 2.45) is 5.11 Å². The molecule has 1 N–H and O–H groups in total. The normalized spacial score (nSPS) is 21.1. The van der Waals surface area contributed by atoms with Crippen LogP contribution >= 0.6 is 0 Å². The van der Waals surface area contributed by atoms with Crippen LogP contribution in [0, 0.1) is 11.6 Å². The molecule has 1 saturated carbocycles. The van der Waals surface area contributed by atoms with Crippen molar-refractivity contribution in [2.45, 2.75) is 36.8 Å². The molecule has 1 aromatic rings. The van der Waals surface area contributed by atoms with Gasteiger partial charge in [0.15, 0.2) is 0 Å². The highest BCUT2D eigenvalue weighted by molar-refractivity contribution is 5.87. The first kappa shape index (κ1) is 15.7. The van der Waals surface area contributed by atoms with Gasteiger partial charge in [-0.25, -0.2) is 8.78 Å². The van der Waals surface area contributed by atoms with Gasteiger partial charge >= 0.3 is 0 Å². The Bertz CT molecular complexity index is 658. The van der Waals surface area contributed by atoms with E-state index in [1.165, 1.54) is 12.1 Å². The number of nitrogens with one attached hydrogen (secondary N) is 1. The summed E-state index contributed by atoms with van der Waals surface area (Å²) in [7, 11) is 0. The minimum Gasteiger partial charge on any atom is -0.381 e. The minimum absolute atomic E-state index is 0.288. The van der Waals surface area contributed by atoms with Gasteiger partial charge in [0, 0.05) is 24.2 Å². The smallest absolute Gasteiger partial charge is 0.233 e. The van der Waals surface area contributed by atoms with Crippen LogP contribution in [0.4, 0.5) is 8.78 Å². The average molecular weight is 322 g/mol. The van der Waals surface area contributed by atoms with Crippen molar-refractivity contribution in [3.63, 3.8) is 0 Å². The number of azide groups is 1. The molecule has 1 heterocycles. The Balaban J connectivity index is 1.85. The molecule has 0 bridgehead atoms. The van der Waals surface area contributed by atoms with E-state index in [0.29, 0.717) is 31.6 Å². The van der Waals surface area contributed by atoms with E-state index in [9.17, 15) is 13.6 Å². The molecule has 1 aliphatic carbocycles. The number of hydrogen-bond donors (Lipinski definition) is 1. The second-order valence-electron chi connectivity index (χ2n) is 6.03. The zero-order valence-corrected chi connectivity index (χ0v) is 12.4. The molecule has 1 aliphatic heterocycles. The fourth-order valence-electron chi connectivity index (χ4n) is 2.94. The summed E-state index contributed by atoms with van der Waals surface area (Å²) < 4.78 is 32.1. The largest absolute Gasteiger partial charge is 0.381 e. The number of nitrogens with zero attached hydrogens (tertiary/aromatic N) is 3. The zero-order chi connectivity index (χ0) is 16.5. The number of hydrogen-bond acceptors (Lipinski definition) is 3. The molecule has 1 aromatic carbocycles. The van der Waals surface area contributed by atoms with Gasteiger partial charge in [-0.3, -0.25) is 4.79 Å². The van der Waals surface area contributed by atoms with E-state index in [1.54, 1.807) is 0 Å². The molecule has 6 nitrogen and oxygen atoms in total. The van der Waals surface area contributed by atoms with Crippen molar-refractivity contribution in [2.75, 3.05) is 13.2 Å². The van der Waals surface area contributed by atoms with Gasteiger partial charge in [-0.05, 0) is 48.9 Å². The van der Waals surface area contributed by atoms with Gasteiger partial charge in [-0.1, -0.05) is 5.11 Å². The molecule has 0 unspecified atom stereocenters. The lowest BCUT2D eigenvalue weighted by Crippen LogP contribution is -2.51. The second-order valence-corrected chi connectivity index (χ2v) is 6.03. The van der Waals surface area contributed by atoms with E-state index >= 15 is 0 Å². The van der Waals surface area contributed by atoms with Crippen molar-refractivity contribution in [1.82, 2.24) is 5.32 Å². The quantitative estimate of drug-likeness (QED) is 0.525. The molecule has 122 valence electrons. The maximum absolute atomic E-state index is 13.4. The predicted octanol–water partition coefficient (Wildman–Crippen LogP) is 2.93. The SMILES string of the molecule is [N-]=[N+]=NC1(C(=O)NC2(c3cc(F)cc(F)c3)CC2)CCOCC1. The summed E-state index contributed by atoms with van der Waals surface area (Å²) in [5.41, 5.74) is 7.19. The van der Waals surface area contributed by atoms with Crippen LogP contribution in [-0.4, -0.2) is 24.7 Å². The lowest BCUT2D eigenvalue weighted by molar-refractivity contribution is -0.130. The Labute approximate surface area is 131 Å². The maximum atomic E-state index is 13.4. The fraction of sp³-hybridized carbons (Fsp3) is 0.533. The molecule has 23 heavy (non-hydrogen) atoms. The summed E-state index contributed by atoms with van der Waals surface area (Å²) in [5.74, 6) is -1.78. The van der Waals surface area contributed by atoms with Gasteiger partial charge in [-0.15, -0.1) is 0 Å². The molecule has 0 atom stereocenters. The Morgan fingerprint density at radius 3 is 2.30 bits per heavy atom. The third-order valence-corrected chi connectivity index (χ3v) is 4.50. The van der Waals surface area contributed by atoms with E-state index in [1.807, 2.05) is 0 Å². The number of amides is 1. The molecule has 0 aromatic heterocycles. The highest BCUT2D eigenvalue weighted by atomic mass is 19.1. The average Bonchev–Trinajstić information content (AvgIpc) is 3.28. The van der Waals surface area contributed by atoms with Crippen LogP contribution < -0.4 is 5.32 Å². The molecule has 0 spiro atoms. The number of ether oxygens (including phenoxy) is 1. The fourth-order valence-corrected chi connectivity index (χ4v) is 2.94. The third kappa shape index (κ3) is 3.00. The van der Waals surface area contributed by atoms with Crippen LogP contribution in [0.1, 0.15) is 31.2 Å². The third-order valence-electron chi connectivity index (χ3n) is 4.50. The number of carbonyl (C=O) groups excluding carboxylic acids is 1. The molecule has 8 heteroatoms. The summed E-state index contributed by atoms with van der Waals surface area (Å²) >= 11 is 0. The van der Waals surface area contributed by atoms with Crippen molar-refractivity contribution < 1.29 is 18.3 Å². The molecule has 0 radical (unpaired) electrons. The molecule has 2 fully saturated rings. The number of halogens is 2. The van der Waals surface area contributed by atoms with Crippen molar-refractivity contribution in [3.05, 3.63) is 45.8 Å². The molecule has 2 aliphatic rings. The van der Waals surface area contributed by atoms with E-state index in [2.05, 4.69) is 15.3 Å². The van der Waals surface area contributed by atoms with E-state index in [4.69, 9.17) is 10.3 Å². The minimum atomic E-state index is -1.20. The first-order valence-corrected chi connectivity index (χ1v) is 7.43. The summed E-state index contributed by atoms with van der Waals surface area (Å²) in [5, 5.41) is 6.54. The topological polar surface area (TPSA) is 87.1 Å². The van der Waals surface area contributed by atoms with Crippen molar-refractivity contribution in [1.29, 1.82) is 0 Å². The molecular weight excluding hydrogens is 306 g/mol. The van der Waals surface area contributed by atoms with Crippen molar-refractivity contribution >= 4 is 5.91 Å². The summed E-state index contributed by atoms with van der Waals surface area (Å²) in [6, 6.07) is 3.24. The van der Waals surface area contributed by atoms with Crippen molar-refractivity contribution in [3.8, 4) is 0 Å². The maximum Gasteiger partial charge on any atom is 0.233 e. The lowest BCUT2D eigenvalue weighted by Gasteiger charge is -2.33. The van der Waals surface area contributed by atoms with Crippen LogP contribution in [0.2, 0.25) is 0 Å². The van der Waals surface area contributed by atoms with Gasteiger partial charge in [0.2, 0.25) is 5.91 Å². The predicted molar refractivity (Wildman–Crippen MR) is 77.3 cm³/mol. The highest BCUT2D eigenvalue weighted by Gasteiger charge is 2.50. The van der Waals surface area contributed by atoms with Crippen LogP contribution in [0.25, 0.3) is 10.4 Å². The van der Waals surface area contributed by atoms with Gasteiger partial charge in [0.25, 0.3) is 0 Å². The standard InChI is InChI=1S/C15H16F2N4O2/c16-11-7-10(8-12(17)9-11)14(1-2-14)19-13(22)15(20-21-18)3-5-23-6-4-15/h7-9H,1-6H2,(H,19,22). The Morgan fingerprint density at radius 2 is 1.78 bits per heavy atom. The van der Waals surface area contributed by atoms with Crippen LogP contribution in [0.15, 0.2) is 23.3 Å². The van der Waals surface area contributed by atoms with Gasteiger partial charge in [0.1, 0.15) is 17.2 Å². The van der Waals surface area contributed by atoms with E-state index in [0.717, 1.165) is 6.07 Å². The first-order valence-electron chi connectivity index (χ1n) is 7.43. The molecule has 3 rings (SSSR count). The number of carbonyl (C=O) groups is 1. The summed E-state index contributed by atoms with van der Waals surface area (Å²) in [4.78, 5) is 15.5. The first-order chi connectivity index (χ1) is 11.0. The van der Waals surface area contributed by atoms with Gasteiger partial charge < -0.3 is 10.1 Å². The molecule has 1 saturated heterocycles. The summed E-state index contributed by atoms with van der Waals surface area (Å²) in [6.07, 6.45) is 1.75. The summed E-state index contributed by atoms with van der Waals surface area (Å²) in [6.45, 7) is 0.655. The monoisotopic (exact) mass is 322 g/mol. The Kier molecular flexibility index (Phi) is 3.95. The second kappa shape index (κ2) is 5.79. The highest BCUT2D eigenvalue weighted by Crippen LogP contribution is 2.46. The van der Waals surface area contributed by atoms with Crippen LogP contribution in [-0.2, 0) is 15.1 Å². The number of rotatable bonds is 4. The van der Waals surface area contributed by atoms with Gasteiger partial charge in [-0.2, -0.15) is 0 Å². The van der Waals surface area contributed by atoms with Gasteiger partial charge in [0.05, 0.1) is 5.54 Å². The Morgan fingerprint density at radius 1 is 1.17 bits per heavy atom.